The number of hydrogen-bond donors (Lipinski definition) is 1. The maximum absolute atomic E-state index is 5.26. The molecule has 23 heavy (non-hydrogen) atoms. The van der Waals surface area contributed by atoms with Gasteiger partial charge in [0.05, 0.1) is 7.11 Å². The first-order valence-electron chi connectivity index (χ1n) is 7.54. The Bertz CT molecular complexity index is 653. The Hall–Kier alpha value is -2.57. The van der Waals surface area contributed by atoms with Crippen LogP contribution in [-0.2, 0) is 13.1 Å². The zero-order valence-electron chi connectivity index (χ0n) is 14.0. The van der Waals surface area contributed by atoms with E-state index in [2.05, 4.69) is 26.5 Å². The van der Waals surface area contributed by atoms with Crippen molar-refractivity contribution in [3.63, 3.8) is 0 Å². The maximum Gasteiger partial charge on any atom is 0.248 e. The third-order valence-corrected chi connectivity index (χ3v) is 3.18. The summed E-state index contributed by atoms with van der Waals surface area (Å²) in [5.74, 6) is 2.75. The van der Waals surface area contributed by atoms with Gasteiger partial charge in [0.1, 0.15) is 12.3 Å². The number of ether oxygens (including phenoxy) is 1. The van der Waals surface area contributed by atoms with Crippen LogP contribution in [0.2, 0.25) is 0 Å². The van der Waals surface area contributed by atoms with Crippen LogP contribution in [0, 0.1) is 6.92 Å². The number of aliphatic imine (C=N–C) groups is 1. The molecule has 0 aliphatic rings. The molecule has 1 aromatic carbocycles. The molecule has 1 aromatic heterocycles. The summed E-state index contributed by atoms with van der Waals surface area (Å²) in [6, 6.07) is 7.99. The minimum absolute atomic E-state index is 0.353. The topological polar surface area (TPSA) is 75.8 Å². The lowest BCUT2D eigenvalue weighted by atomic mass is 10.2. The minimum atomic E-state index is 0.353. The van der Waals surface area contributed by atoms with E-state index in [0.29, 0.717) is 24.8 Å². The Morgan fingerprint density at radius 2 is 2.26 bits per heavy atom. The quantitative estimate of drug-likeness (QED) is 0.648. The normalized spacial score (nSPS) is 11.4. The number of rotatable bonds is 6. The Labute approximate surface area is 136 Å². The molecule has 0 atom stereocenters. The molecule has 1 heterocycles. The average Bonchev–Trinajstić information content (AvgIpc) is 2.97. The number of benzene rings is 1. The highest BCUT2D eigenvalue weighted by atomic mass is 16.5. The van der Waals surface area contributed by atoms with E-state index in [4.69, 9.17) is 9.26 Å². The molecular formula is C16H23N5O2. The third-order valence-electron chi connectivity index (χ3n) is 3.18. The fourth-order valence-electron chi connectivity index (χ4n) is 2.14. The fourth-order valence-corrected chi connectivity index (χ4v) is 2.14. The summed E-state index contributed by atoms with van der Waals surface area (Å²) in [5, 5.41) is 7.03. The van der Waals surface area contributed by atoms with Gasteiger partial charge in [-0.15, -0.1) is 0 Å². The molecule has 1 N–H and O–H groups in total. The van der Waals surface area contributed by atoms with Gasteiger partial charge < -0.3 is 19.5 Å². The Morgan fingerprint density at radius 1 is 1.43 bits per heavy atom. The number of guanidine groups is 1. The average molecular weight is 317 g/mol. The molecule has 0 saturated heterocycles. The zero-order chi connectivity index (χ0) is 16.7. The van der Waals surface area contributed by atoms with Crippen LogP contribution in [0.4, 0.5) is 0 Å². The number of hydrogen-bond acceptors (Lipinski definition) is 5. The molecule has 0 aliphatic carbocycles. The second-order valence-corrected chi connectivity index (χ2v) is 5.11. The highest BCUT2D eigenvalue weighted by Gasteiger charge is 2.09. The van der Waals surface area contributed by atoms with Crippen molar-refractivity contribution in [3.8, 4) is 5.75 Å². The van der Waals surface area contributed by atoms with Gasteiger partial charge in [-0.25, -0.2) is 4.99 Å². The summed E-state index contributed by atoms with van der Waals surface area (Å²) in [6.07, 6.45) is 0. The van der Waals surface area contributed by atoms with Crippen LogP contribution in [0.3, 0.4) is 0 Å². The van der Waals surface area contributed by atoms with Gasteiger partial charge in [-0.2, -0.15) is 4.98 Å². The van der Waals surface area contributed by atoms with Gasteiger partial charge in [0.15, 0.2) is 11.8 Å². The third kappa shape index (κ3) is 4.98. The molecule has 7 nitrogen and oxygen atoms in total. The van der Waals surface area contributed by atoms with Crippen molar-refractivity contribution < 1.29 is 9.26 Å². The van der Waals surface area contributed by atoms with E-state index in [9.17, 15) is 0 Å². The van der Waals surface area contributed by atoms with Crippen LogP contribution in [0.1, 0.15) is 24.2 Å². The van der Waals surface area contributed by atoms with Gasteiger partial charge in [-0.1, -0.05) is 17.3 Å². The van der Waals surface area contributed by atoms with Crippen molar-refractivity contribution in [1.29, 1.82) is 0 Å². The number of nitrogens with zero attached hydrogens (tertiary/aromatic N) is 4. The second-order valence-electron chi connectivity index (χ2n) is 5.11. The summed E-state index contributed by atoms with van der Waals surface area (Å²) < 4.78 is 10.4. The molecule has 0 unspecified atom stereocenters. The Morgan fingerprint density at radius 3 is 2.91 bits per heavy atom. The molecule has 0 spiro atoms. The van der Waals surface area contributed by atoms with Crippen LogP contribution < -0.4 is 10.1 Å². The lowest BCUT2D eigenvalue weighted by Crippen LogP contribution is -2.38. The smallest absolute Gasteiger partial charge is 0.248 e. The second kappa shape index (κ2) is 8.17. The predicted molar refractivity (Wildman–Crippen MR) is 88.3 cm³/mol. The highest BCUT2D eigenvalue weighted by molar-refractivity contribution is 5.79. The molecule has 7 heteroatoms. The van der Waals surface area contributed by atoms with Gasteiger partial charge in [-0.3, -0.25) is 0 Å². The predicted octanol–water partition coefficient (Wildman–Crippen LogP) is 1.98. The van der Waals surface area contributed by atoms with E-state index in [-0.39, 0.29) is 0 Å². The minimum Gasteiger partial charge on any atom is -0.497 e. The first kappa shape index (κ1) is 16.8. The van der Waals surface area contributed by atoms with Gasteiger partial charge in [0, 0.05) is 20.1 Å². The van der Waals surface area contributed by atoms with Crippen molar-refractivity contribution >= 4 is 5.96 Å². The van der Waals surface area contributed by atoms with Gasteiger partial charge in [0.25, 0.3) is 0 Å². The molecule has 0 amide bonds. The van der Waals surface area contributed by atoms with Crippen molar-refractivity contribution in [1.82, 2.24) is 20.4 Å². The standard InChI is InChI=1S/C16H23N5O2/c1-5-17-16(18-10-15-19-12(2)20-23-15)21(3)11-13-7-6-8-14(9-13)22-4/h6-9H,5,10-11H2,1-4H3,(H,17,18). The van der Waals surface area contributed by atoms with Crippen molar-refractivity contribution in [2.24, 2.45) is 4.99 Å². The number of aryl methyl sites for hydroxylation is 1. The number of nitrogens with one attached hydrogen (secondary N) is 1. The van der Waals surface area contributed by atoms with Crippen molar-refractivity contribution in [2.75, 3.05) is 20.7 Å². The van der Waals surface area contributed by atoms with E-state index >= 15 is 0 Å². The summed E-state index contributed by atoms with van der Waals surface area (Å²) in [6.45, 7) is 5.67. The van der Waals surface area contributed by atoms with Crippen LogP contribution in [0.5, 0.6) is 5.75 Å². The maximum atomic E-state index is 5.26. The first-order chi connectivity index (χ1) is 11.1. The number of methoxy groups -OCH3 is 1. The van der Waals surface area contributed by atoms with E-state index < -0.39 is 0 Å². The monoisotopic (exact) mass is 317 g/mol. The molecule has 0 radical (unpaired) electrons. The molecule has 0 saturated carbocycles. The number of aromatic nitrogens is 2. The molecular weight excluding hydrogens is 294 g/mol. The molecule has 2 aromatic rings. The van der Waals surface area contributed by atoms with Crippen LogP contribution in [0.15, 0.2) is 33.8 Å². The van der Waals surface area contributed by atoms with Crippen molar-refractivity contribution in [2.45, 2.75) is 26.9 Å². The largest absolute Gasteiger partial charge is 0.497 e. The van der Waals surface area contributed by atoms with E-state index in [1.807, 2.05) is 37.1 Å². The summed E-state index contributed by atoms with van der Waals surface area (Å²) in [7, 11) is 3.65. The lowest BCUT2D eigenvalue weighted by molar-refractivity contribution is 0.375. The van der Waals surface area contributed by atoms with Crippen LogP contribution in [-0.4, -0.2) is 41.7 Å². The molecule has 2 rings (SSSR count). The summed E-state index contributed by atoms with van der Waals surface area (Å²) in [4.78, 5) is 10.7. The Kier molecular flexibility index (Phi) is 5.96. The van der Waals surface area contributed by atoms with E-state index in [1.54, 1.807) is 14.0 Å². The fraction of sp³-hybridized carbons (Fsp3) is 0.438. The lowest BCUT2D eigenvalue weighted by Gasteiger charge is -2.22. The molecule has 124 valence electrons. The van der Waals surface area contributed by atoms with E-state index in [1.165, 1.54) is 0 Å². The zero-order valence-corrected chi connectivity index (χ0v) is 14.0. The molecule has 0 bridgehead atoms. The van der Waals surface area contributed by atoms with Crippen LogP contribution in [0.25, 0.3) is 0 Å². The van der Waals surface area contributed by atoms with Crippen LogP contribution >= 0.6 is 0 Å². The first-order valence-corrected chi connectivity index (χ1v) is 7.54. The van der Waals surface area contributed by atoms with Gasteiger partial charge >= 0.3 is 0 Å². The molecule has 0 aliphatic heterocycles. The molecule has 0 fully saturated rings. The highest BCUT2D eigenvalue weighted by Crippen LogP contribution is 2.14. The Balaban J connectivity index is 2.06. The van der Waals surface area contributed by atoms with Gasteiger partial charge in [0.2, 0.25) is 5.89 Å². The van der Waals surface area contributed by atoms with Crippen molar-refractivity contribution in [3.05, 3.63) is 41.5 Å². The SMILES string of the molecule is CCNC(=NCc1nc(C)no1)N(C)Cc1cccc(OC)c1. The van der Waals surface area contributed by atoms with E-state index in [0.717, 1.165) is 23.8 Å². The summed E-state index contributed by atoms with van der Waals surface area (Å²) in [5.41, 5.74) is 1.14. The van der Waals surface area contributed by atoms with Gasteiger partial charge in [-0.05, 0) is 31.5 Å². The summed E-state index contributed by atoms with van der Waals surface area (Å²) >= 11 is 0.